The molecule has 2 heterocycles. The van der Waals surface area contributed by atoms with Gasteiger partial charge in [0.15, 0.2) is 5.76 Å². The van der Waals surface area contributed by atoms with Gasteiger partial charge in [-0.05, 0) is 67.6 Å². The lowest BCUT2D eigenvalue weighted by molar-refractivity contribution is 0.101. The first kappa shape index (κ1) is 19.5. The third-order valence-electron chi connectivity index (χ3n) is 5.76. The largest absolute Gasteiger partial charge is 0.507 e. The number of carbonyl (C=O) groups is 1. The Kier molecular flexibility index (Phi) is 5.33. The number of hydrogen-bond donors (Lipinski definition) is 1. The van der Waals surface area contributed by atoms with Crippen LogP contribution in [0.1, 0.15) is 46.8 Å². The average molecular weight is 393 g/mol. The van der Waals surface area contributed by atoms with Gasteiger partial charge in [0, 0.05) is 13.1 Å². The predicted molar refractivity (Wildman–Crippen MR) is 112 cm³/mol. The van der Waals surface area contributed by atoms with Gasteiger partial charge in [0.25, 0.3) is 0 Å². The lowest BCUT2D eigenvalue weighted by Crippen LogP contribution is -2.33. The van der Waals surface area contributed by atoms with Crippen LogP contribution in [0.25, 0.3) is 6.08 Å². The predicted octanol–water partition coefficient (Wildman–Crippen LogP) is 4.56. The highest BCUT2D eigenvalue weighted by Gasteiger charge is 2.34. The van der Waals surface area contributed by atoms with Gasteiger partial charge in [-0.15, -0.1) is 0 Å². The number of aromatic hydroxyl groups is 1. The SMILES string of the molecule is COc1ccc(/C=C2/Oc3c(CN4CCCC(C)C4)c(O)cc(C)c3C2=O)cc1. The van der Waals surface area contributed by atoms with E-state index in [0.717, 1.165) is 36.4 Å². The number of Topliss-reactive ketones (excluding diaryl/α,β-unsaturated/α-hetero) is 1. The van der Waals surface area contributed by atoms with E-state index in [1.54, 1.807) is 19.3 Å². The summed E-state index contributed by atoms with van der Waals surface area (Å²) in [5, 5.41) is 10.6. The second kappa shape index (κ2) is 7.91. The highest BCUT2D eigenvalue weighted by Crippen LogP contribution is 2.42. The van der Waals surface area contributed by atoms with E-state index in [-0.39, 0.29) is 17.3 Å². The molecule has 0 saturated carbocycles. The molecule has 4 rings (SSSR count). The Labute approximate surface area is 171 Å². The van der Waals surface area contributed by atoms with E-state index in [9.17, 15) is 9.90 Å². The number of likely N-dealkylation sites (tertiary alicyclic amines) is 1. The molecule has 0 aromatic heterocycles. The lowest BCUT2D eigenvalue weighted by Gasteiger charge is -2.31. The Bertz CT molecular complexity index is 962. The van der Waals surface area contributed by atoms with Gasteiger partial charge in [-0.2, -0.15) is 0 Å². The maximum absolute atomic E-state index is 13.0. The zero-order valence-corrected chi connectivity index (χ0v) is 17.2. The van der Waals surface area contributed by atoms with Crippen LogP contribution in [0.15, 0.2) is 36.1 Å². The summed E-state index contributed by atoms with van der Waals surface area (Å²) in [7, 11) is 1.62. The Morgan fingerprint density at radius 3 is 2.76 bits per heavy atom. The van der Waals surface area contributed by atoms with E-state index < -0.39 is 0 Å². The summed E-state index contributed by atoms with van der Waals surface area (Å²) in [6, 6.07) is 9.13. The summed E-state index contributed by atoms with van der Waals surface area (Å²) in [6.07, 6.45) is 4.13. The molecule has 0 bridgehead atoms. The van der Waals surface area contributed by atoms with Crippen LogP contribution in [0.3, 0.4) is 0 Å². The van der Waals surface area contributed by atoms with Crippen LogP contribution in [-0.4, -0.2) is 36.0 Å². The van der Waals surface area contributed by atoms with Crippen molar-refractivity contribution >= 4 is 11.9 Å². The summed E-state index contributed by atoms with van der Waals surface area (Å²) < 4.78 is 11.2. The van der Waals surface area contributed by atoms with Crippen LogP contribution in [0.2, 0.25) is 0 Å². The van der Waals surface area contributed by atoms with Crippen molar-refractivity contribution in [2.45, 2.75) is 33.2 Å². The fourth-order valence-electron chi connectivity index (χ4n) is 4.24. The molecule has 0 spiro atoms. The topological polar surface area (TPSA) is 59.0 Å². The van der Waals surface area contributed by atoms with E-state index in [4.69, 9.17) is 9.47 Å². The molecule has 29 heavy (non-hydrogen) atoms. The molecule has 1 fully saturated rings. The maximum Gasteiger partial charge on any atom is 0.232 e. The minimum absolute atomic E-state index is 0.137. The molecule has 2 aromatic carbocycles. The molecule has 2 aliphatic heterocycles. The lowest BCUT2D eigenvalue weighted by atomic mass is 9.97. The summed E-state index contributed by atoms with van der Waals surface area (Å²) in [6.45, 7) is 6.66. The number of rotatable bonds is 4. The van der Waals surface area contributed by atoms with Gasteiger partial charge >= 0.3 is 0 Å². The van der Waals surface area contributed by atoms with E-state index in [1.807, 2.05) is 31.2 Å². The number of allylic oxidation sites excluding steroid dienone is 1. The smallest absolute Gasteiger partial charge is 0.232 e. The zero-order valence-electron chi connectivity index (χ0n) is 17.2. The molecule has 0 radical (unpaired) electrons. The van der Waals surface area contributed by atoms with E-state index in [1.165, 1.54) is 6.42 Å². The van der Waals surface area contributed by atoms with E-state index in [2.05, 4.69) is 11.8 Å². The summed E-state index contributed by atoms with van der Waals surface area (Å²) in [5.74, 6) is 2.24. The molecule has 1 unspecified atom stereocenters. The molecule has 5 nitrogen and oxygen atoms in total. The Morgan fingerprint density at radius 2 is 2.07 bits per heavy atom. The van der Waals surface area contributed by atoms with Gasteiger partial charge in [-0.3, -0.25) is 9.69 Å². The molecule has 2 aliphatic rings. The van der Waals surface area contributed by atoms with Gasteiger partial charge in [-0.1, -0.05) is 19.1 Å². The number of nitrogens with zero attached hydrogens (tertiary/aromatic N) is 1. The van der Waals surface area contributed by atoms with Crippen LogP contribution in [-0.2, 0) is 6.54 Å². The van der Waals surface area contributed by atoms with Gasteiger partial charge < -0.3 is 14.6 Å². The Morgan fingerprint density at radius 1 is 1.31 bits per heavy atom. The first-order valence-corrected chi connectivity index (χ1v) is 10.1. The number of benzene rings is 2. The van der Waals surface area contributed by atoms with Crippen molar-refractivity contribution in [1.82, 2.24) is 4.90 Å². The minimum atomic E-state index is -0.137. The van der Waals surface area contributed by atoms with Gasteiger partial charge in [0.2, 0.25) is 5.78 Å². The number of ether oxygens (including phenoxy) is 2. The highest BCUT2D eigenvalue weighted by molar-refractivity contribution is 6.15. The number of fused-ring (bicyclic) bond motifs is 1. The van der Waals surface area contributed by atoms with E-state index in [0.29, 0.717) is 29.3 Å². The van der Waals surface area contributed by atoms with Crippen LogP contribution in [0, 0.1) is 12.8 Å². The van der Waals surface area contributed by atoms with Crippen LogP contribution >= 0.6 is 0 Å². The van der Waals surface area contributed by atoms with E-state index >= 15 is 0 Å². The van der Waals surface area contributed by atoms with Crippen molar-refractivity contribution in [3.8, 4) is 17.2 Å². The minimum Gasteiger partial charge on any atom is -0.507 e. The van der Waals surface area contributed by atoms with Gasteiger partial charge in [0.05, 0.1) is 18.2 Å². The Balaban J connectivity index is 1.66. The van der Waals surface area contributed by atoms with Crippen molar-refractivity contribution < 1.29 is 19.4 Å². The fraction of sp³-hybridized carbons (Fsp3) is 0.375. The average Bonchev–Trinajstić information content (AvgIpc) is 3.02. The maximum atomic E-state index is 13.0. The number of piperidine rings is 1. The van der Waals surface area contributed by atoms with Crippen molar-refractivity contribution in [3.63, 3.8) is 0 Å². The normalized spacial score (nSPS) is 20.6. The summed E-state index contributed by atoms with van der Waals surface area (Å²) in [4.78, 5) is 15.4. The third kappa shape index (κ3) is 3.87. The fourth-order valence-corrected chi connectivity index (χ4v) is 4.24. The molecule has 5 heteroatoms. The van der Waals surface area contributed by atoms with Crippen LogP contribution in [0.4, 0.5) is 0 Å². The molecule has 1 N–H and O–H groups in total. The zero-order chi connectivity index (χ0) is 20.5. The van der Waals surface area contributed by atoms with Crippen molar-refractivity contribution in [2.75, 3.05) is 20.2 Å². The van der Waals surface area contributed by atoms with Gasteiger partial charge in [0.1, 0.15) is 17.2 Å². The molecule has 2 aromatic rings. The van der Waals surface area contributed by atoms with Crippen LogP contribution in [0.5, 0.6) is 17.2 Å². The first-order chi connectivity index (χ1) is 14.0. The first-order valence-electron chi connectivity index (χ1n) is 10.1. The summed E-state index contributed by atoms with van der Waals surface area (Å²) in [5.41, 5.74) is 2.85. The summed E-state index contributed by atoms with van der Waals surface area (Å²) >= 11 is 0. The molecular formula is C24H27NO4. The number of phenols is 1. The van der Waals surface area contributed by atoms with Gasteiger partial charge in [-0.25, -0.2) is 0 Å². The molecule has 152 valence electrons. The molecular weight excluding hydrogens is 366 g/mol. The number of methoxy groups -OCH3 is 1. The second-order valence-corrected chi connectivity index (χ2v) is 8.09. The molecule has 0 aliphatic carbocycles. The number of carbonyl (C=O) groups excluding carboxylic acids is 1. The standard InChI is InChI=1S/C24H27NO4/c1-15-5-4-10-25(13-15)14-19-20(26)11-16(2)22-23(27)21(29-24(19)22)12-17-6-8-18(28-3)9-7-17/h6-9,11-12,15,26H,4-5,10,13-14H2,1-3H3/b21-12+. The second-order valence-electron chi connectivity index (χ2n) is 8.09. The number of ketones is 1. The van der Waals surface area contributed by atoms with Crippen molar-refractivity contribution in [3.05, 3.63) is 58.3 Å². The number of aryl methyl sites for hydroxylation is 1. The monoisotopic (exact) mass is 393 g/mol. The molecule has 0 amide bonds. The number of hydrogen-bond acceptors (Lipinski definition) is 5. The van der Waals surface area contributed by atoms with Crippen molar-refractivity contribution in [1.29, 1.82) is 0 Å². The van der Waals surface area contributed by atoms with Crippen molar-refractivity contribution in [2.24, 2.45) is 5.92 Å². The third-order valence-corrected chi connectivity index (χ3v) is 5.76. The molecule has 1 saturated heterocycles. The van der Waals surface area contributed by atoms with Crippen LogP contribution < -0.4 is 9.47 Å². The Hall–Kier alpha value is -2.79. The molecule has 1 atom stereocenters. The quantitative estimate of drug-likeness (QED) is 0.772. The highest BCUT2D eigenvalue weighted by atomic mass is 16.5. The number of phenolic OH excluding ortho intramolecular Hbond substituents is 1.